The summed E-state index contributed by atoms with van der Waals surface area (Å²) in [5.74, 6) is -0.326. The Morgan fingerprint density at radius 1 is 1.57 bits per heavy atom. The van der Waals surface area contributed by atoms with Gasteiger partial charge < -0.3 is 4.74 Å². The number of pyridine rings is 1. The van der Waals surface area contributed by atoms with Crippen LogP contribution in [0.3, 0.4) is 0 Å². The fourth-order valence-electron chi connectivity index (χ4n) is 0.932. The van der Waals surface area contributed by atoms with Gasteiger partial charge in [0.25, 0.3) is 0 Å². The first kappa shape index (κ1) is 10.4. The molecule has 1 heterocycles. The van der Waals surface area contributed by atoms with Crippen LogP contribution >= 0.6 is 0 Å². The maximum Gasteiger partial charge on any atom is 0.330 e. The van der Waals surface area contributed by atoms with Gasteiger partial charge in [-0.05, 0) is 31.6 Å². The van der Waals surface area contributed by atoms with Crippen LogP contribution in [0.25, 0.3) is 6.08 Å². The van der Waals surface area contributed by atoms with Crippen molar-refractivity contribution in [2.75, 3.05) is 6.61 Å². The summed E-state index contributed by atoms with van der Waals surface area (Å²) in [5, 5.41) is 0. The van der Waals surface area contributed by atoms with Crippen LogP contribution in [0.2, 0.25) is 0 Å². The van der Waals surface area contributed by atoms with E-state index in [1.807, 2.05) is 19.1 Å². The van der Waals surface area contributed by atoms with E-state index >= 15 is 0 Å². The predicted molar refractivity (Wildman–Crippen MR) is 54.6 cm³/mol. The molecule has 0 fully saturated rings. The largest absolute Gasteiger partial charge is 0.463 e. The molecule has 0 aliphatic carbocycles. The van der Waals surface area contributed by atoms with Gasteiger partial charge in [0.05, 0.1) is 6.61 Å². The van der Waals surface area contributed by atoms with Crippen LogP contribution < -0.4 is 0 Å². The number of esters is 1. The Bertz CT molecular complexity index is 328. The van der Waals surface area contributed by atoms with Gasteiger partial charge in [-0.25, -0.2) is 4.79 Å². The number of aromatic nitrogens is 1. The maximum absolute atomic E-state index is 11.0. The Labute approximate surface area is 83.4 Å². The minimum Gasteiger partial charge on any atom is -0.463 e. The van der Waals surface area contributed by atoms with Gasteiger partial charge in [0.15, 0.2) is 0 Å². The summed E-state index contributed by atoms with van der Waals surface area (Å²) in [6, 6.07) is 3.79. The third kappa shape index (κ3) is 3.39. The Balaban J connectivity index is 2.60. The molecule has 0 radical (unpaired) electrons. The van der Waals surface area contributed by atoms with Gasteiger partial charge in [-0.1, -0.05) is 6.07 Å². The van der Waals surface area contributed by atoms with Crippen LogP contribution in [-0.4, -0.2) is 17.6 Å². The van der Waals surface area contributed by atoms with E-state index in [1.165, 1.54) is 6.08 Å². The van der Waals surface area contributed by atoms with E-state index in [-0.39, 0.29) is 5.97 Å². The maximum atomic E-state index is 11.0. The van der Waals surface area contributed by atoms with Gasteiger partial charge in [-0.2, -0.15) is 0 Å². The lowest BCUT2D eigenvalue weighted by Gasteiger charge is -1.95. The van der Waals surface area contributed by atoms with E-state index in [4.69, 9.17) is 4.74 Å². The molecule has 14 heavy (non-hydrogen) atoms. The number of aryl methyl sites for hydroxylation is 1. The number of hydrogen-bond donors (Lipinski definition) is 0. The Kier molecular flexibility index (Phi) is 3.85. The van der Waals surface area contributed by atoms with Crippen LogP contribution in [-0.2, 0) is 9.53 Å². The van der Waals surface area contributed by atoms with Crippen molar-refractivity contribution in [2.24, 2.45) is 0 Å². The zero-order chi connectivity index (χ0) is 10.4. The Hall–Kier alpha value is -1.64. The molecule has 1 rings (SSSR count). The molecule has 0 unspecified atom stereocenters. The second-order valence-corrected chi connectivity index (χ2v) is 2.82. The van der Waals surface area contributed by atoms with E-state index in [0.29, 0.717) is 6.61 Å². The summed E-state index contributed by atoms with van der Waals surface area (Å²) in [6.07, 6.45) is 4.80. The number of nitrogens with zero attached hydrogens (tertiary/aromatic N) is 1. The number of carbonyl (C=O) groups is 1. The van der Waals surface area contributed by atoms with Gasteiger partial charge in [-0.3, -0.25) is 4.98 Å². The molecule has 0 bridgehead atoms. The standard InChI is InChI=1S/C11H13NO2/c1-3-14-11(13)7-6-10-5-4-9(2)12-8-10/h4-8H,3H2,1-2H3/b7-6+. The second-order valence-electron chi connectivity index (χ2n) is 2.82. The molecular formula is C11H13NO2. The average molecular weight is 191 g/mol. The van der Waals surface area contributed by atoms with E-state index in [2.05, 4.69) is 4.98 Å². The van der Waals surface area contributed by atoms with Crippen molar-refractivity contribution < 1.29 is 9.53 Å². The van der Waals surface area contributed by atoms with Crippen molar-refractivity contribution in [2.45, 2.75) is 13.8 Å². The highest BCUT2D eigenvalue weighted by Gasteiger charge is 1.93. The minimum atomic E-state index is -0.326. The molecule has 0 spiro atoms. The van der Waals surface area contributed by atoms with Crippen molar-refractivity contribution in [3.05, 3.63) is 35.7 Å². The van der Waals surface area contributed by atoms with Gasteiger partial charge in [0.2, 0.25) is 0 Å². The molecule has 74 valence electrons. The first-order valence-electron chi connectivity index (χ1n) is 4.50. The summed E-state index contributed by atoms with van der Waals surface area (Å²) in [6.45, 7) is 4.09. The molecule has 3 nitrogen and oxygen atoms in total. The van der Waals surface area contributed by atoms with Gasteiger partial charge in [-0.15, -0.1) is 0 Å². The van der Waals surface area contributed by atoms with Crippen LogP contribution in [0.4, 0.5) is 0 Å². The molecule has 0 atom stereocenters. The van der Waals surface area contributed by atoms with Crippen molar-refractivity contribution in [1.82, 2.24) is 4.98 Å². The topological polar surface area (TPSA) is 39.2 Å². The average Bonchev–Trinajstić information content (AvgIpc) is 2.17. The number of rotatable bonds is 3. The van der Waals surface area contributed by atoms with Gasteiger partial charge in [0.1, 0.15) is 0 Å². The highest BCUT2D eigenvalue weighted by molar-refractivity contribution is 5.86. The van der Waals surface area contributed by atoms with Crippen molar-refractivity contribution in [3.8, 4) is 0 Å². The summed E-state index contributed by atoms with van der Waals surface area (Å²) in [5.41, 5.74) is 1.85. The zero-order valence-electron chi connectivity index (χ0n) is 8.36. The molecule has 0 aliphatic heterocycles. The fraction of sp³-hybridized carbons (Fsp3) is 0.273. The molecule has 1 aromatic rings. The summed E-state index contributed by atoms with van der Waals surface area (Å²) in [4.78, 5) is 15.1. The highest BCUT2D eigenvalue weighted by Crippen LogP contribution is 2.01. The van der Waals surface area contributed by atoms with Crippen LogP contribution in [0.15, 0.2) is 24.4 Å². The van der Waals surface area contributed by atoms with Crippen LogP contribution in [0, 0.1) is 6.92 Å². The lowest BCUT2D eigenvalue weighted by Crippen LogP contribution is -1.98. The van der Waals surface area contributed by atoms with E-state index in [0.717, 1.165) is 11.3 Å². The second kappa shape index (κ2) is 5.17. The van der Waals surface area contributed by atoms with Gasteiger partial charge in [0, 0.05) is 18.0 Å². The van der Waals surface area contributed by atoms with Crippen molar-refractivity contribution >= 4 is 12.0 Å². The minimum absolute atomic E-state index is 0.326. The molecule has 0 saturated carbocycles. The monoisotopic (exact) mass is 191 g/mol. The molecule has 0 aliphatic rings. The number of carbonyl (C=O) groups excluding carboxylic acids is 1. The van der Waals surface area contributed by atoms with E-state index in [9.17, 15) is 4.79 Å². The van der Waals surface area contributed by atoms with Crippen LogP contribution in [0.5, 0.6) is 0 Å². The molecule has 0 N–H and O–H groups in total. The third-order valence-electron chi connectivity index (χ3n) is 1.63. The lowest BCUT2D eigenvalue weighted by molar-refractivity contribution is -0.137. The van der Waals surface area contributed by atoms with Gasteiger partial charge >= 0.3 is 5.97 Å². The first-order valence-corrected chi connectivity index (χ1v) is 4.50. The van der Waals surface area contributed by atoms with Crippen molar-refractivity contribution in [3.63, 3.8) is 0 Å². The molecule has 0 saturated heterocycles. The molecular weight excluding hydrogens is 178 g/mol. The van der Waals surface area contributed by atoms with Crippen LogP contribution in [0.1, 0.15) is 18.2 Å². The molecule has 0 amide bonds. The normalized spacial score (nSPS) is 10.4. The molecule has 0 aromatic carbocycles. The fourth-order valence-corrected chi connectivity index (χ4v) is 0.932. The summed E-state index contributed by atoms with van der Waals surface area (Å²) >= 11 is 0. The third-order valence-corrected chi connectivity index (χ3v) is 1.63. The SMILES string of the molecule is CCOC(=O)/C=C/c1ccc(C)nc1. The quantitative estimate of drug-likeness (QED) is 0.541. The first-order chi connectivity index (χ1) is 6.72. The Morgan fingerprint density at radius 3 is 2.93 bits per heavy atom. The van der Waals surface area contributed by atoms with E-state index < -0.39 is 0 Å². The predicted octanol–water partition coefficient (Wildman–Crippen LogP) is 1.97. The summed E-state index contributed by atoms with van der Waals surface area (Å²) < 4.78 is 4.74. The molecule has 3 heteroatoms. The van der Waals surface area contributed by atoms with E-state index in [1.54, 1.807) is 19.2 Å². The highest BCUT2D eigenvalue weighted by atomic mass is 16.5. The van der Waals surface area contributed by atoms with Crippen molar-refractivity contribution in [1.29, 1.82) is 0 Å². The zero-order valence-corrected chi connectivity index (χ0v) is 8.36. The Morgan fingerprint density at radius 2 is 2.36 bits per heavy atom. The molecule has 1 aromatic heterocycles. The number of ether oxygens (including phenoxy) is 1. The summed E-state index contributed by atoms with van der Waals surface area (Å²) in [7, 11) is 0. The number of hydrogen-bond acceptors (Lipinski definition) is 3. The lowest BCUT2D eigenvalue weighted by atomic mass is 10.2. The smallest absolute Gasteiger partial charge is 0.330 e.